The van der Waals surface area contributed by atoms with Crippen molar-refractivity contribution in [2.24, 2.45) is 0 Å². The average molecular weight is 462 g/mol. The van der Waals surface area contributed by atoms with Crippen molar-refractivity contribution in [2.45, 2.75) is 45.2 Å². The van der Waals surface area contributed by atoms with E-state index in [1.54, 1.807) is 6.20 Å². The lowest BCUT2D eigenvalue weighted by molar-refractivity contribution is 0.0928. The molecule has 33 heavy (non-hydrogen) atoms. The summed E-state index contributed by atoms with van der Waals surface area (Å²) >= 11 is 1.11. The highest BCUT2D eigenvalue weighted by Gasteiger charge is 2.25. The number of benzene rings is 2. The molecular weight excluding hydrogens is 434 g/mol. The Morgan fingerprint density at radius 2 is 1.85 bits per heavy atom. The second kappa shape index (κ2) is 10.4. The van der Waals surface area contributed by atoms with Gasteiger partial charge >= 0.3 is 4.87 Å². The molecule has 0 spiro atoms. The van der Waals surface area contributed by atoms with E-state index in [0.29, 0.717) is 12.1 Å². The van der Waals surface area contributed by atoms with Gasteiger partial charge in [0.25, 0.3) is 5.91 Å². The third-order valence-electron chi connectivity index (χ3n) is 5.77. The number of carbonyl (C=O) groups excluding carboxylic acids is 1. The maximum atomic E-state index is 12.9. The van der Waals surface area contributed by atoms with E-state index in [-0.39, 0.29) is 22.7 Å². The molecule has 170 valence electrons. The molecule has 1 amide bonds. The van der Waals surface area contributed by atoms with Crippen LogP contribution in [0.25, 0.3) is 11.4 Å². The summed E-state index contributed by atoms with van der Waals surface area (Å²) in [6, 6.07) is 17.6. The maximum absolute atomic E-state index is 12.9. The minimum absolute atomic E-state index is 0.000165. The second-order valence-electron chi connectivity index (χ2n) is 7.90. The van der Waals surface area contributed by atoms with E-state index in [1.807, 2.05) is 74.6 Å². The number of aromatic amines is 1. The van der Waals surface area contributed by atoms with Gasteiger partial charge in [-0.25, -0.2) is 10.1 Å². The van der Waals surface area contributed by atoms with Crippen molar-refractivity contribution >= 4 is 17.2 Å². The predicted molar refractivity (Wildman–Crippen MR) is 131 cm³/mol. The Morgan fingerprint density at radius 3 is 2.48 bits per heavy atom. The first kappa shape index (κ1) is 22.7. The van der Waals surface area contributed by atoms with Crippen LogP contribution in [-0.4, -0.2) is 31.7 Å². The number of nitrogens with one attached hydrogen (secondary N) is 2. The number of rotatable bonds is 9. The number of hydrogen-bond donors (Lipinski definition) is 2. The lowest BCUT2D eigenvalue weighted by Crippen LogP contribution is -2.38. The highest BCUT2D eigenvalue weighted by molar-refractivity contribution is 7.08. The Morgan fingerprint density at radius 1 is 1.09 bits per heavy atom. The van der Waals surface area contributed by atoms with Crippen LogP contribution < -0.4 is 10.2 Å². The largest absolute Gasteiger partial charge is 0.349 e. The molecule has 0 saturated heterocycles. The Kier molecular flexibility index (Phi) is 7.14. The Bertz CT molecular complexity index is 1240. The van der Waals surface area contributed by atoms with Crippen LogP contribution in [0.2, 0.25) is 0 Å². The molecule has 2 atom stereocenters. The normalized spacial score (nSPS) is 12.9. The molecule has 4 rings (SSSR count). The molecule has 2 N–H and O–H groups in total. The fourth-order valence-electron chi connectivity index (χ4n) is 4.01. The topological polar surface area (TPSA) is 92.7 Å². The molecule has 2 unspecified atom stereocenters. The van der Waals surface area contributed by atoms with E-state index in [9.17, 15) is 9.59 Å². The minimum atomic E-state index is -0.173. The molecule has 4 aromatic rings. The van der Waals surface area contributed by atoms with Crippen LogP contribution in [-0.2, 0) is 6.54 Å². The predicted octanol–water partition coefficient (Wildman–Crippen LogP) is 4.45. The van der Waals surface area contributed by atoms with Gasteiger partial charge in [-0.2, -0.15) is 5.10 Å². The summed E-state index contributed by atoms with van der Waals surface area (Å²) in [6.07, 6.45) is 5.30. The van der Waals surface area contributed by atoms with Gasteiger partial charge in [0, 0.05) is 42.0 Å². The van der Waals surface area contributed by atoms with Gasteiger partial charge in [0.05, 0.1) is 0 Å². The summed E-state index contributed by atoms with van der Waals surface area (Å²) in [7, 11) is 0. The molecule has 7 nitrogen and oxygen atoms in total. The molecule has 0 bridgehead atoms. The van der Waals surface area contributed by atoms with E-state index < -0.39 is 0 Å². The fraction of sp³-hybridized carbons (Fsp3) is 0.280. The number of aromatic nitrogens is 4. The summed E-state index contributed by atoms with van der Waals surface area (Å²) in [6.45, 7) is 4.74. The Balaban J connectivity index is 1.44. The van der Waals surface area contributed by atoms with Gasteiger partial charge in [0.15, 0.2) is 0 Å². The van der Waals surface area contributed by atoms with Crippen molar-refractivity contribution in [3.05, 3.63) is 92.8 Å². The molecule has 0 aliphatic rings. The van der Waals surface area contributed by atoms with E-state index >= 15 is 0 Å². The average Bonchev–Trinajstić information content (AvgIpc) is 3.49. The van der Waals surface area contributed by atoms with Gasteiger partial charge in [-0.3, -0.25) is 9.59 Å². The third-order valence-corrected chi connectivity index (χ3v) is 6.65. The van der Waals surface area contributed by atoms with Crippen LogP contribution in [0.15, 0.2) is 71.8 Å². The van der Waals surface area contributed by atoms with E-state index in [0.717, 1.165) is 46.1 Å². The van der Waals surface area contributed by atoms with Crippen molar-refractivity contribution in [3.63, 3.8) is 0 Å². The van der Waals surface area contributed by atoms with Crippen LogP contribution in [0.3, 0.4) is 0 Å². The molecule has 2 aromatic carbocycles. The minimum Gasteiger partial charge on any atom is -0.349 e. The van der Waals surface area contributed by atoms with Gasteiger partial charge in [0.2, 0.25) is 0 Å². The third kappa shape index (κ3) is 5.28. The first-order chi connectivity index (χ1) is 16.1. The van der Waals surface area contributed by atoms with Gasteiger partial charge < -0.3 is 9.88 Å². The first-order valence-electron chi connectivity index (χ1n) is 11.1. The molecule has 0 aliphatic carbocycles. The summed E-state index contributed by atoms with van der Waals surface area (Å²) < 4.78 is 2.10. The summed E-state index contributed by atoms with van der Waals surface area (Å²) in [5.74, 6) is 0.789. The van der Waals surface area contributed by atoms with E-state index in [4.69, 9.17) is 0 Å². The van der Waals surface area contributed by atoms with Gasteiger partial charge in [-0.1, -0.05) is 67.6 Å². The summed E-state index contributed by atoms with van der Waals surface area (Å²) in [4.78, 5) is 28.8. The van der Waals surface area contributed by atoms with Crippen molar-refractivity contribution in [1.82, 2.24) is 25.1 Å². The number of hydrogen-bond acceptors (Lipinski definition) is 5. The van der Waals surface area contributed by atoms with Crippen LogP contribution in [0.4, 0.5) is 0 Å². The highest BCUT2D eigenvalue weighted by atomic mass is 32.1. The Hall–Kier alpha value is -3.52. The van der Waals surface area contributed by atoms with Gasteiger partial charge in [-0.05, 0) is 30.5 Å². The lowest BCUT2D eigenvalue weighted by atomic mass is 9.95. The molecule has 0 aliphatic heterocycles. The zero-order valence-electron chi connectivity index (χ0n) is 18.7. The second-order valence-corrected chi connectivity index (χ2v) is 8.89. The van der Waals surface area contributed by atoms with Crippen LogP contribution >= 0.6 is 11.3 Å². The monoisotopic (exact) mass is 461 g/mol. The van der Waals surface area contributed by atoms with Crippen LogP contribution in [0.5, 0.6) is 0 Å². The zero-order valence-corrected chi connectivity index (χ0v) is 19.5. The standard InChI is InChI=1S/C25H27N5O2S/c1-3-20(24-28-29-25(32)33-24)21(4-2)27-23(31)19-12-10-17(11-13-19)16-30-15-14-26-22(30)18-8-6-5-7-9-18/h5-15,20-21H,3-4,16H2,1-2H3,(H,27,31)(H,29,32). The van der Waals surface area contributed by atoms with Crippen molar-refractivity contribution in [1.29, 1.82) is 0 Å². The molecule has 0 fully saturated rings. The molecule has 2 heterocycles. The van der Waals surface area contributed by atoms with Crippen molar-refractivity contribution in [3.8, 4) is 11.4 Å². The number of nitrogens with zero attached hydrogens (tertiary/aromatic N) is 3. The first-order valence-corrected chi connectivity index (χ1v) is 11.9. The molecular formula is C25H27N5O2S. The van der Waals surface area contributed by atoms with E-state index in [1.165, 1.54) is 0 Å². The molecule has 0 radical (unpaired) electrons. The highest BCUT2D eigenvalue weighted by Crippen LogP contribution is 2.25. The number of carbonyl (C=O) groups is 1. The number of imidazole rings is 1. The quantitative estimate of drug-likeness (QED) is 0.385. The fourth-order valence-corrected chi connectivity index (χ4v) is 4.87. The van der Waals surface area contributed by atoms with E-state index in [2.05, 4.69) is 25.1 Å². The SMILES string of the molecule is CCC(NC(=O)c1ccc(Cn2ccnc2-c2ccccc2)cc1)C(CC)c1n[nH]c(=O)s1. The maximum Gasteiger partial charge on any atom is 0.322 e. The summed E-state index contributed by atoms with van der Waals surface area (Å²) in [5.41, 5.74) is 2.76. The van der Waals surface area contributed by atoms with Gasteiger partial charge in [-0.15, -0.1) is 0 Å². The van der Waals surface area contributed by atoms with Crippen LogP contribution in [0, 0.1) is 0 Å². The smallest absolute Gasteiger partial charge is 0.322 e. The molecule has 2 aromatic heterocycles. The number of H-pyrrole nitrogens is 1. The number of amides is 1. The summed E-state index contributed by atoms with van der Waals surface area (Å²) in [5, 5.41) is 10.5. The molecule has 8 heteroatoms. The van der Waals surface area contributed by atoms with Crippen LogP contribution in [0.1, 0.15) is 53.5 Å². The Labute approximate surface area is 196 Å². The van der Waals surface area contributed by atoms with Gasteiger partial charge in [0.1, 0.15) is 10.8 Å². The molecule has 0 saturated carbocycles. The lowest BCUT2D eigenvalue weighted by Gasteiger charge is -2.24. The zero-order chi connectivity index (χ0) is 23.2. The van der Waals surface area contributed by atoms with Crippen molar-refractivity contribution < 1.29 is 4.79 Å². The van der Waals surface area contributed by atoms with Crippen molar-refractivity contribution in [2.75, 3.05) is 0 Å².